The van der Waals surface area contributed by atoms with E-state index in [1.807, 2.05) is 19.1 Å². The molecule has 1 heterocycles. The number of alkyl halides is 3. The summed E-state index contributed by atoms with van der Waals surface area (Å²) >= 11 is 5.98. The highest BCUT2D eigenvalue weighted by Crippen LogP contribution is 2.29. The lowest BCUT2D eigenvalue weighted by atomic mass is 10.1. The van der Waals surface area contributed by atoms with Gasteiger partial charge in [-0.15, -0.1) is 13.2 Å². The molecule has 31 heavy (non-hydrogen) atoms. The SMILES string of the molecule is Cc1ccc(-n2cc(-c3cccc(OC(F)(F)F)c3)n(-c3ccc(Cl)cc3)c2=O)cc1. The Labute approximate surface area is 180 Å². The van der Waals surface area contributed by atoms with Crippen LogP contribution in [0.15, 0.2) is 83.8 Å². The molecule has 0 radical (unpaired) electrons. The summed E-state index contributed by atoms with van der Waals surface area (Å²) in [5, 5.41) is 0.497. The zero-order valence-electron chi connectivity index (χ0n) is 16.2. The minimum atomic E-state index is -4.82. The number of benzene rings is 3. The lowest BCUT2D eigenvalue weighted by Gasteiger charge is -2.11. The first-order chi connectivity index (χ1) is 14.7. The van der Waals surface area contributed by atoms with Crippen molar-refractivity contribution < 1.29 is 17.9 Å². The van der Waals surface area contributed by atoms with E-state index < -0.39 is 6.36 Å². The molecule has 0 fully saturated rings. The molecule has 158 valence electrons. The summed E-state index contributed by atoms with van der Waals surface area (Å²) < 4.78 is 45.0. The molecule has 0 amide bonds. The molecule has 0 aliphatic rings. The van der Waals surface area contributed by atoms with Crippen LogP contribution in [0.4, 0.5) is 13.2 Å². The smallest absolute Gasteiger partial charge is 0.406 e. The van der Waals surface area contributed by atoms with Crippen LogP contribution in [0.1, 0.15) is 5.56 Å². The molecular formula is C23H16ClF3N2O2. The molecule has 3 aromatic carbocycles. The Morgan fingerprint density at radius 2 is 1.55 bits per heavy atom. The fourth-order valence-electron chi connectivity index (χ4n) is 3.23. The van der Waals surface area contributed by atoms with E-state index in [2.05, 4.69) is 4.74 Å². The minimum Gasteiger partial charge on any atom is -0.406 e. The average molecular weight is 445 g/mol. The zero-order chi connectivity index (χ0) is 22.2. The van der Waals surface area contributed by atoms with Crippen LogP contribution in [0.25, 0.3) is 22.6 Å². The van der Waals surface area contributed by atoms with Gasteiger partial charge < -0.3 is 4.74 Å². The number of aryl methyl sites for hydroxylation is 1. The van der Waals surface area contributed by atoms with E-state index in [0.29, 0.717) is 27.7 Å². The monoisotopic (exact) mass is 444 g/mol. The average Bonchev–Trinajstić information content (AvgIpc) is 3.05. The van der Waals surface area contributed by atoms with Gasteiger partial charge in [0.15, 0.2) is 0 Å². The second-order valence-corrected chi connectivity index (χ2v) is 7.33. The van der Waals surface area contributed by atoms with Crippen LogP contribution in [0.5, 0.6) is 5.75 Å². The van der Waals surface area contributed by atoms with Gasteiger partial charge in [-0.2, -0.15) is 0 Å². The van der Waals surface area contributed by atoms with Crippen molar-refractivity contribution in [3.8, 4) is 28.4 Å². The second kappa shape index (κ2) is 8.00. The summed E-state index contributed by atoms with van der Waals surface area (Å²) in [6.07, 6.45) is -3.23. The van der Waals surface area contributed by atoms with Crippen LogP contribution in [-0.4, -0.2) is 15.5 Å². The summed E-state index contributed by atoms with van der Waals surface area (Å²) in [7, 11) is 0. The third-order valence-corrected chi connectivity index (χ3v) is 4.90. The van der Waals surface area contributed by atoms with Crippen LogP contribution < -0.4 is 10.4 Å². The quantitative estimate of drug-likeness (QED) is 0.378. The normalized spacial score (nSPS) is 11.5. The number of aromatic nitrogens is 2. The van der Waals surface area contributed by atoms with Crippen molar-refractivity contribution in [1.29, 1.82) is 0 Å². The van der Waals surface area contributed by atoms with Crippen molar-refractivity contribution in [3.05, 3.63) is 100 Å². The highest BCUT2D eigenvalue weighted by Gasteiger charge is 2.31. The molecule has 0 N–H and O–H groups in total. The standard InChI is InChI=1S/C23H16ClF3N2O2/c1-15-5-9-18(10-6-15)28-14-21(16-3-2-4-20(13-16)31-23(25,26)27)29(22(28)30)19-11-7-17(24)8-12-19/h2-14H,1H3. The van der Waals surface area contributed by atoms with Crippen LogP contribution in [0.2, 0.25) is 5.02 Å². The molecule has 1 aromatic heterocycles. The van der Waals surface area contributed by atoms with Gasteiger partial charge in [0.25, 0.3) is 0 Å². The number of halogens is 4. The maximum atomic E-state index is 13.3. The van der Waals surface area contributed by atoms with E-state index in [1.54, 1.807) is 48.7 Å². The number of hydrogen-bond acceptors (Lipinski definition) is 2. The minimum absolute atomic E-state index is 0.372. The summed E-state index contributed by atoms with van der Waals surface area (Å²) in [6.45, 7) is 1.93. The third kappa shape index (κ3) is 4.51. The molecule has 4 nitrogen and oxygen atoms in total. The Morgan fingerprint density at radius 3 is 2.19 bits per heavy atom. The maximum absolute atomic E-state index is 13.3. The fraction of sp³-hybridized carbons (Fsp3) is 0.0870. The highest BCUT2D eigenvalue weighted by molar-refractivity contribution is 6.30. The maximum Gasteiger partial charge on any atom is 0.573 e. The van der Waals surface area contributed by atoms with Gasteiger partial charge in [-0.3, -0.25) is 9.13 Å². The molecule has 0 unspecified atom stereocenters. The van der Waals surface area contributed by atoms with E-state index in [4.69, 9.17) is 11.6 Å². The molecule has 0 aliphatic carbocycles. The molecule has 0 saturated heterocycles. The van der Waals surface area contributed by atoms with E-state index in [-0.39, 0.29) is 11.4 Å². The molecule has 0 aliphatic heterocycles. The van der Waals surface area contributed by atoms with Crippen molar-refractivity contribution in [2.75, 3.05) is 0 Å². The molecular weight excluding hydrogens is 429 g/mol. The summed E-state index contributed by atoms with van der Waals surface area (Å²) in [4.78, 5) is 13.3. The third-order valence-electron chi connectivity index (χ3n) is 4.65. The summed E-state index contributed by atoms with van der Waals surface area (Å²) in [6, 6.07) is 19.5. The summed E-state index contributed by atoms with van der Waals surface area (Å²) in [5.41, 5.74) is 2.61. The topological polar surface area (TPSA) is 36.2 Å². The van der Waals surface area contributed by atoms with Crippen molar-refractivity contribution in [1.82, 2.24) is 9.13 Å². The van der Waals surface area contributed by atoms with E-state index in [1.165, 1.54) is 27.3 Å². The lowest BCUT2D eigenvalue weighted by Crippen LogP contribution is -2.22. The van der Waals surface area contributed by atoms with E-state index in [9.17, 15) is 18.0 Å². The molecule has 0 bridgehead atoms. The van der Waals surface area contributed by atoms with Gasteiger partial charge in [-0.1, -0.05) is 41.4 Å². The van der Waals surface area contributed by atoms with Crippen LogP contribution >= 0.6 is 11.6 Å². The van der Waals surface area contributed by atoms with Gasteiger partial charge in [0.2, 0.25) is 0 Å². The predicted molar refractivity (Wildman–Crippen MR) is 113 cm³/mol. The van der Waals surface area contributed by atoms with Crippen molar-refractivity contribution in [3.63, 3.8) is 0 Å². The van der Waals surface area contributed by atoms with Gasteiger partial charge in [0.1, 0.15) is 5.75 Å². The first-order valence-corrected chi connectivity index (χ1v) is 9.63. The second-order valence-electron chi connectivity index (χ2n) is 6.89. The number of rotatable bonds is 4. The highest BCUT2D eigenvalue weighted by atomic mass is 35.5. The molecule has 4 aromatic rings. The van der Waals surface area contributed by atoms with Crippen LogP contribution in [0.3, 0.4) is 0 Å². The lowest BCUT2D eigenvalue weighted by molar-refractivity contribution is -0.274. The number of nitrogens with zero attached hydrogens (tertiary/aromatic N) is 2. The molecule has 0 saturated carbocycles. The van der Waals surface area contributed by atoms with E-state index >= 15 is 0 Å². The molecule has 0 spiro atoms. The number of imidazole rings is 1. The fourth-order valence-corrected chi connectivity index (χ4v) is 3.36. The van der Waals surface area contributed by atoms with E-state index in [0.717, 1.165) is 5.56 Å². The van der Waals surface area contributed by atoms with Gasteiger partial charge in [-0.05, 0) is 55.5 Å². The first kappa shape index (κ1) is 20.8. The Kier molecular flexibility index (Phi) is 5.37. The van der Waals surface area contributed by atoms with Gasteiger partial charge >= 0.3 is 12.1 Å². The van der Waals surface area contributed by atoms with Crippen LogP contribution in [-0.2, 0) is 0 Å². The predicted octanol–water partition coefficient (Wildman–Crippen LogP) is 6.16. The van der Waals surface area contributed by atoms with Crippen LogP contribution in [0, 0.1) is 6.92 Å². The molecule has 0 atom stereocenters. The summed E-state index contributed by atoms with van der Waals surface area (Å²) in [5.74, 6) is -0.372. The largest absolute Gasteiger partial charge is 0.573 e. The van der Waals surface area contributed by atoms with Crippen molar-refractivity contribution in [2.45, 2.75) is 13.3 Å². The Balaban J connectivity index is 1.92. The van der Waals surface area contributed by atoms with Gasteiger partial charge in [-0.25, -0.2) is 4.79 Å². The zero-order valence-corrected chi connectivity index (χ0v) is 17.0. The Bertz CT molecular complexity index is 1270. The first-order valence-electron chi connectivity index (χ1n) is 9.25. The molecule has 8 heteroatoms. The number of hydrogen-bond donors (Lipinski definition) is 0. The Morgan fingerprint density at radius 1 is 0.903 bits per heavy atom. The number of ether oxygens (including phenoxy) is 1. The molecule has 4 rings (SSSR count). The van der Waals surface area contributed by atoms with Crippen molar-refractivity contribution in [2.24, 2.45) is 0 Å². The Hall–Kier alpha value is -3.45. The van der Waals surface area contributed by atoms with Gasteiger partial charge in [0, 0.05) is 16.8 Å². The van der Waals surface area contributed by atoms with Gasteiger partial charge in [0.05, 0.1) is 17.1 Å². The van der Waals surface area contributed by atoms with Crippen molar-refractivity contribution >= 4 is 11.6 Å².